The molecule has 0 rings (SSSR count). The predicted molar refractivity (Wildman–Crippen MR) is 80.2 cm³/mol. The fourth-order valence-corrected chi connectivity index (χ4v) is 1.62. The first-order valence-electron chi connectivity index (χ1n) is 6.95. The van der Waals surface area contributed by atoms with Gasteiger partial charge in [-0.25, -0.2) is 0 Å². The average molecular weight is 232 g/mol. The van der Waals surface area contributed by atoms with Crippen molar-refractivity contribution < 1.29 is 0 Å². The van der Waals surface area contributed by atoms with E-state index in [-0.39, 0.29) is 5.41 Å². The highest BCUT2D eigenvalue weighted by molar-refractivity contribution is 5.29. The summed E-state index contributed by atoms with van der Waals surface area (Å²) in [5.74, 6) is 0. The Morgan fingerprint density at radius 3 is 0.941 bits per heavy atom. The highest BCUT2D eigenvalue weighted by Crippen LogP contribution is 2.27. The molecule has 0 fully saturated rings. The Balaban J connectivity index is 5.18. The van der Waals surface area contributed by atoms with Gasteiger partial charge in [0.25, 0.3) is 0 Å². The van der Waals surface area contributed by atoms with Gasteiger partial charge in [0.2, 0.25) is 0 Å². The molecule has 0 radical (unpaired) electrons. The topological polar surface area (TPSA) is 0 Å². The molecule has 0 aliphatic rings. The lowest BCUT2D eigenvalue weighted by molar-refractivity contribution is 0.797. The predicted octanol–water partition coefficient (Wildman–Crippen LogP) is 5.84. The first kappa shape index (κ1) is 16.0. The Hall–Kier alpha value is -1.04. The van der Waals surface area contributed by atoms with Crippen LogP contribution >= 0.6 is 0 Å². The lowest BCUT2D eigenvalue weighted by Gasteiger charge is -2.19. The molecule has 0 aromatic carbocycles. The SMILES string of the molecule is CCC=CC(C=CCC)(C=CCC)C=CCC. The summed E-state index contributed by atoms with van der Waals surface area (Å²) in [5, 5.41) is 0. The molecule has 0 nitrogen and oxygen atoms in total. The molecule has 0 aliphatic heterocycles. The molecule has 0 heteroatoms. The van der Waals surface area contributed by atoms with Crippen molar-refractivity contribution >= 4 is 0 Å². The van der Waals surface area contributed by atoms with Gasteiger partial charge in [-0.05, 0) is 25.7 Å². The summed E-state index contributed by atoms with van der Waals surface area (Å²) in [5.41, 5.74) is -0.0158. The van der Waals surface area contributed by atoms with Crippen LogP contribution in [0, 0.1) is 5.41 Å². The summed E-state index contributed by atoms with van der Waals surface area (Å²) in [4.78, 5) is 0. The molecule has 0 spiro atoms. The minimum absolute atomic E-state index is 0.0158. The van der Waals surface area contributed by atoms with Crippen molar-refractivity contribution in [3.63, 3.8) is 0 Å². The Morgan fingerprint density at radius 1 is 0.529 bits per heavy atom. The van der Waals surface area contributed by atoms with Crippen LogP contribution in [0.25, 0.3) is 0 Å². The molecule has 0 atom stereocenters. The molecule has 0 aliphatic carbocycles. The van der Waals surface area contributed by atoms with Crippen LogP contribution in [0.2, 0.25) is 0 Å². The zero-order chi connectivity index (χ0) is 13.0. The number of hydrogen-bond donors (Lipinski definition) is 0. The Morgan fingerprint density at radius 2 is 0.765 bits per heavy atom. The molecule has 0 aromatic rings. The molecule has 0 unspecified atom stereocenters. The van der Waals surface area contributed by atoms with Gasteiger partial charge in [-0.3, -0.25) is 0 Å². The standard InChI is InChI=1S/C17H28/c1-5-9-13-17(14-10-6-2,15-11-7-3)16-12-8-4/h9-16H,5-8H2,1-4H3. The third kappa shape index (κ3) is 6.99. The van der Waals surface area contributed by atoms with Crippen molar-refractivity contribution in [1.82, 2.24) is 0 Å². The van der Waals surface area contributed by atoms with E-state index < -0.39 is 0 Å². The van der Waals surface area contributed by atoms with E-state index in [1.807, 2.05) is 0 Å². The van der Waals surface area contributed by atoms with Crippen molar-refractivity contribution in [1.29, 1.82) is 0 Å². The van der Waals surface area contributed by atoms with E-state index in [4.69, 9.17) is 0 Å². The van der Waals surface area contributed by atoms with Gasteiger partial charge in [-0.15, -0.1) is 0 Å². The lowest BCUT2D eigenvalue weighted by atomic mass is 9.85. The highest BCUT2D eigenvalue weighted by atomic mass is 14.2. The van der Waals surface area contributed by atoms with Gasteiger partial charge in [0, 0.05) is 5.41 Å². The molecule has 0 N–H and O–H groups in total. The molecule has 17 heavy (non-hydrogen) atoms. The Kier molecular flexibility index (Phi) is 9.52. The van der Waals surface area contributed by atoms with Crippen LogP contribution < -0.4 is 0 Å². The number of rotatable bonds is 8. The van der Waals surface area contributed by atoms with E-state index in [0.29, 0.717) is 0 Å². The van der Waals surface area contributed by atoms with E-state index in [9.17, 15) is 0 Å². The van der Waals surface area contributed by atoms with Crippen molar-refractivity contribution in [2.75, 3.05) is 0 Å². The largest absolute Gasteiger partial charge is 0.0873 e. The second-order valence-electron chi connectivity index (χ2n) is 4.24. The van der Waals surface area contributed by atoms with Gasteiger partial charge in [-0.2, -0.15) is 0 Å². The van der Waals surface area contributed by atoms with Gasteiger partial charge >= 0.3 is 0 Å². The second kappa shape index (κ2) is 10.1. The third-order valence-electron chi connectivity index (χ3n) is 2.57. The van der Waals surface area contributed by atoms with E-state index in [0.717, 1.165) is 25.7 Å². The Bertz CT molecular complexity index is 215. The molecular weight excluding hydrogens is 204 g/mol. The fraction of sp³-hybridized carbons (Fsp3) is 0.529. The van der Waals surface area contributed by atoms with Crippen molar-refractivity contribution in [3.8, 4) is 0 Å². The van der Waals surface area contributed by atoms with E-state index in [1.54, 1.807) is 0 Å². The van der Waals surface area contributed by atoms with E-state index in [1.165, 1.54) is 0 Å². The van der Waals surface area contributed by atoms with Crippen molar-refractivity contribution in [3.05, 3.63) is 48.6 Å². The van der Waals surface area contributed by atoms with Crippen molar-refractivity contribution in [2.45, 2.75) is 53.4 Å². The van der Waals surface area contributed by atoms with E-state index >= 15 is 0 Å². The number of allylic oxidation sites excluding steroid dienone is 8. The van der Waals surface area contributed by atoms with Gasteiger partial charge in [0.05, 0.1) is 0 Å². The summed E-state index contributed by atoms with van der Waals surface area (Å²) in [6.45, 7) is 8.71. The summed E-state index contributed by atoms with van der Waals surface area (Å²) in [6.07, 6.45) is 22.6. The minimum atomic E-state index is -0.0158. The molecule has 96 valence electrons. The first-order chi connectivity index (χ1) is 8.24. The summed E-state index contributed by atoms with van der Waals surface area (Å²) in [6, 6.07) is 0. The van der Waals surface area contributed by atoms with Crippen LogP contribution in [-0.4, -0.2) is 0 Å². The second-order valence-corrected chi connectivity index (χ2v) is 4.24. The first-order valence-corrected chi connectivity index (χ1v) is 6.95. The molecule has 0 aromatic heterocycles. The summed E-state index contributed by atoms with van der Waals surface area (Å²) in [7, 11) is 0. The average Bonchev–Trinajstić information content (AvgIpc) is 2.37. The maximum atomic E-state index is 2.30. The van der Waals surface area contributed by atoms with Gasteiger partial charge < -0.3 is 0 Å². The van der Waals surface area contributed by atoms with Gasteiger partial charge in [0.1, 0.15) is 0 Å². The molecule has 0 saturated heterocycles. The smallest absolute Gasteiger partial charge is 0.0423 e. The maximum absolute atomic E-state index is 2.30. The van der Waals surface area contributed by atoms with Crippen LogP contribution in [-0.2, 0) is 0 Å². The number of hydrogen-bond acceptors (Lipinski definition) is 0. The normalized spacial score (nSPS) is 16.7. The van der Waals surface area contributed by atoms with Crippen LogP contribution in [0.3, 0.4) is 0 Å². The van der Waals surface area contributed by atoms with Crippen molar-refractivity contribution in [2.24, 2.45) is 5.41 Å². The molecular formula is C17H28. The van der Waals surface area contributed by atoms with Gasteiger partial charge in [0.15, 0.2) is 0 Å². The third-order valence-corrected chi connectivity index (χ3v) is 2.57. The Labute approximate surface area is 108 Å². The molecule has 0 bridgehead atoms. The molecule has 0 saturated carbocycles. The van der Waals surface area contributed by atoms with Crippen LogP contribution in [0.5, 0.6) is 0 Å². The molecule has 0 heterocycles. The van der Waals surface area contributed by atoms with Crippen LogP contribution in [0.15, 0.2) is 48.6 Å². The summed E-state index contributed by atoms with van der Waals surface area (Å²) >= 11 is 0. The zero-order valence-corrected chi connectivity index (χ0v) is 11.9. The minimum Gasteiger partial charge on any atom is -0.0873 e. The summed E-state index contributed by atoms with van der Waals surface area (Å²) < 4.78 is 0. The molecule has 0 amide bonds. The van der Waals surface area contributed by atoms with Gasteiger partial charge in [-0.1, -0.05) is 76.3 Å². The monoisotopic (exact) mass is 232 g/mol. The van der Waals surface area contributed by atoms with Crippen LogP contribution in [0.4, 0.5) is 0 Å². The highest BCUT2D eigenvalue weighted by Gasteiger charge is 2.15. The fourth-order valence-electron chi connectivity index (χ4n) is 1.62. The lowest BCUT2D eigenvalue weighted by Crippen LogP contribution is -2.07. The van der Waals surface area contributed by atoms with E-state index in [2.05, 4.69) is 76.3 Å². The van der Waals surface area contributed by atoms with Crippen LogP contribution in [0.1, 0.15) is 53.4 Å². The maximum Gasteiger partial charge on any atom is 0.0423 e. The zero-order valence-electron chi connectivity index (χ0n) is 11.9. The quantitative estimate of drug-likeness (QED) is 0.461.